The fourth-order valence-electron chi connectivity index (χ4n) is 3.81. The minimum absolute atomic E-state index is 0.0190. The number of anilines is 2. The lowest BCUT2D eigenvalue weighted by molar-refractivity contribution is -0.122. The Morgan fingerprint density at radius 3 is 2.68 bits per heavy atom. The summed E-state index contributed by atoms with van der Waals surface area (Å²) in [6.45, 7) is 1.82. The molecular formula is C23H24ClF2N5O3. The zero-order valence-corrected chi connectivity index (χ0v) is 19.5. The molecule has 1 aliphatic rings. The molecule has 1 saturated heterocycles. The number of halogens is 3. The smallest absolute Gasteiger partial charge is 0.233 e. The second-order valence-electron chi connectivity index (χ2n) is 7.86. The number of amides is 1. The zero-order chi connectivity index (χ0) is 24.2. The molecule has 0 saturated carbocycles. The van der Waals surface area contributed by atoms with E-state index in [1.54, 1.807) is 19.2 Å². The molecular weight excluding hydrogens is 468 g/mol. The van der Waals surface area contributed by atoms with E-state index in [1.807, 2.05) is 0 Å². The van der Waals surface area contributed by atoms with Crippen LogP contribution >= 0.6 is 11.6 Å². The summed E-state index contributed by atoms with van der Waals surface area (Å²) in [6.07, 6.45) is 2.75. The van der Waals surface area contributed by atoms with E-state index in [2.05, 4.69) is 25.5 Å². The van der Waals surface area contributed by atoms with Gasteiger partial charge < -0.3 is 20.1 Å². The van der Waals surface area contributed by atoms with Gasteiger partial charge in [0, 0.05) is 31.6 Å². The maximum Gasteiger partial charge on any atom is 0.233 e. The first-order chi connectivity index (χ1) is 16.4. The number of likely N-dealkylation sites (tertiary alicyclic amines) is 1. The van der Waals surface area contributed by atoms with Crippen molar-refractivity contribution in [2.45, 2.75) is 18.9 Å². The van der Waals surface area contributed by atoms with E-state index in [0.29, 0.717) is 34.8 Å². The lowest BCUT2D eigenvalue weighted by Gasteiger charge is -2.31. The number of ether oxygens (including phenoxy) is 2. The molecule has 4 rings (SSSR count). The molecule has 11 heteroatoms. The molecule has 0 spiro atoms. The van der Waals surface area contributed by atoms with Crippen LogP contribution in [0.2, 0.25) is 5.02 Å². The van der Waals surface area contributed by atoms with Crippen LogP contribution in [0.3, 0.4) is 0 Å². The van der Waals surface area contributed by atoms with Crippen LogP contribution in [0.1, 0.15) is 12.8 Å². The minimum Gasteiger partial charge on any atom is -0.493 e. The van der Waals surface area contributed by atoms with Crippen molar-refractivity contribution in [1.82, 2.24) is 20.2 Å². The van der Waals surface area contributed by atoms with Gasteiger partial charge in [-0.2, -0.15) is 0 Å². The zero-order valence-electron chi connectivity index (χ0n) is 18.7. The van der Waals surface area contributed by atoms with E-state index in [4.69, 9.17) is 21.1 Å². The number of carbonyl (C=O) groups is 1. The van der Waals surface area contributed by atoms with Crippen molar-refractivity contribution in [2.24, 2.45) is 0 Å². The highest BCUT2D eigenvalue weighted by atomic mass is 35.5. The summed E-state index contributed by atoms with van der Waals surface area (Å²) >= 11 is 5.70. The molecule has 34 heavy (non-hydrogen) atoms. The Hall–Kier alpha value is -3.24. The van der Waals surface area contributed by atoms with Crippen molar-refractivity contribution in [3.8, 4) is 11.5 Å². The van der Waals surface area contributed by atoms with Gasteiger partial charge in [0.25, 0.3) is 0 Å². The number of aromatic nitrogens is 2. The third kappa shape index (κ3) is 5.13. The van der Waals surface area contributed by atoms with Crippen LogP contribution in [0.5, 0.6) is 11.5 Å². The first-order valence-electron chi connectivity index (χ1n) is 10.7. The molecule has 8 nitrogen and oxygen atoms in total. The van der Waals surface area contributed by atoms with Crippen molar-refractivity contribution in [3.63, 3.8) is 0 Å². The normalized spacial score (nSPS) is 14.7. The van der Waals surface area contributed by atoms with E-state index < -0.39 is 16.7 Å². The summed E-state index contributed by atoms with van der Waals surface area (Å²) in [7, 11) is 3.16. The third-order valence-electron chi connectivity index (χ3n) is 5.68. The van der Waals surface area contributed by atoms with Crippen LogP contribution in [0.25, 0.3) is 10.9 Å². The van der Waals surface area contributed by atoms with Gasteiger partial charge in [0.05, 0.1) is 24.9 Å². The average molecular weight is 492 g/mol. The SMILES string of the molecule is CNC(=O)CN1CCC(Oc2cc3c(Nc4ccc(F)c(Cl)c4F)ncnc3cc2OC)CC1. The first kappa shape index (κ1) is 23.9. The summed E-state index contributed by atoms with van der Waals surface area (Å²) in [5.41, 5.74) is 0.531. The molecule has 2 heterocycles. The molecule has 1 amide bonds. The standard InChI is InChI=1S/C23H24ClF2N5O3/c1-27-20(32)11-31-7-5-13(6-8-31)34-19-9-14-17(10-18(19)33-2)28-12-29-23(14)30-16-4-3-15(25)21(24)22(16)26/h3-4,9-10,12-13H,5-8,11H2,1-2H3,(H,27,32)(H,28,29,30). The Morgan fingerprint density at radius 1 is 1.21 bits per heavy atom. The molecule has 180 valence electrons. The second kappa shape index (κ2) is 10.4. The number of hydrogen-bond donors (Lipinski definition) is 2. The fourth-order valence-corrected chi connectivity index (χ4v) is 3.98. The van der Waals surface area contributed by atoms with Crippen molar-refractivity contribution in [3.05, 3.63) is 47.2 Å². The van der Waals surface area contributed by atoms with Gasteiger partial charge >= 0.3 is 0 Å². The summed E-state index contributed by atoms with van der Waals surface area (Å²) in [5, 5.41) is 5.46. The van der Waals surface area contributed by atoms with E-state index in [9.17, 15) is 13.6 Å². The summed E-state index contributed by atoms with van der Waals surface area (Å²) in [6, 6.07) is 5.77. The maximum absolute atomic E-state index is 14.4. The van der Waals surface area contributed by atoms with E-state index in [0.717, 1.165) is 32.0 Å². The van der Waals surface area contributed by atoms with Crippen molar-refractivity contribution >= 4 is 39.9 Å². The lowest BCUT2D eigenvalue weighted by atomic mass is 10.1. The van der Waals surface area contributed by atoms with Gasteiger partial charge in [0.15, 0.2) is 17.3 Å². The number of likely N-dealkylation sites (N-methyl/N-ethyl adjacent to an activating group) is 1. The number of nitrogens with zero attached hydrogens (tertiary/aromatic N) is 3. The van der Waals surface area contributed by atoms with Crippen molar-refractivity contribution < 1.29 is 23.0 Å². The van der Waals surface area contributed by atoms with Gasteiger partial charge in [0.2, 0.25) is 5.91 Å². The molecule has 0 atom stereocenters. The van der Waals surface area contributed by atoms with Crippen molar-refractivity contribution in [2.75, 3.05) is 39.1 Å². The van der Waals surface area contributed by atoms with E-state index in [-0.39, 0.29) is 17.7 Å². The van der Waals surface area contributed by atoms with E-state index in [1.165, 1.54) is 19.5 Å². The maximum atomic E-state index is 14.4. The second-order valence-corrected chi connectivity index (χ2v) is 8.23. The Kier molecular flexibility index (Phi) is 7.28. The topological polar surface area (TPSA) is 88.6 Å². The monoisotopic (exact) mass is 491 g/mol. The van der Waals surface area contributed by atoms with Gasteiger partial charge in [-0.1, -0.05) is 11.6 Å². The van der Waals surface area contributed by atoms with Crippen LogP contribution in [0.4, 0.5) is 20.3 Å². The molecule has 3 aromatic rings. The molecule has 1 aromatic heterocycles. The molecule has 0 unspecified atom stereocenters. The van der Waals surface area contributed by atoms with Gasteiger partial charge in [-0.3, -0.25) is 9.69 Å². The Balaban J connectivity index is 1.57. The molecule has 2 N–H and O–H groups in total. The number of fused-ring (bicyclic) bond motifs is 1. The fraction of sp³-hybridized carbons (Fsp3) is 0.348. The first-order valence-corrected chi connectivity index (χ1v) is 11.1. The number of rotatable bonds is 7. The van der Waals surface area contributed by atoms with Crippen molar-refractivity contribution in [1.29, 1.82) is 0 Å². The number of benzene rings is 2. The predicted molar refractivity (Wildman–Crippen MR) is 125 cm³/mol. The van der Waals surface area contributed by atoms with Gasteiger partial charge in [0.1, 0.15) is 29.1 Å². The number of carbonyl (C=O) groups excluding carboxylic acids is 1. The van der Waals surface area contributed by atoms with Gasteiger partial charge in [-0.25, -0.2) is 18.7 Å². The number of hydrogen-bond acceptors (Lipinski definition) is 7. The molecule has 2 aromatic carbocycles. The Bertz CT molecular complexity index is 1200. The average Bonchev–Trinajstić information content (AvgIpc) is 2.85. The highest BCUT2D eigenvalue weighted by Crippen LogP contribution is 2.37. The summed E-state index contributed by atoms with van der Waals surface area (Å²) in [4.78, 5) is 22.2. The third-order valence-corrected chi connectivity index (χ3v) is 6.03. The van der Waals surface area contributed by atoms with Crippen LogP contribution in [-0.4, -0.2) is 60.7 Å². The van der Waals surface area contributed by atoms with Crippen LogP contribution in [0.15, 0.2) is 30.6 Å². The lowest BCUT2D eigenvalue weighted by Crippen LogP contribution is -2.43. The van der Waals surface area contributed by atoms with E-state index >= 15 is 0 Å². The van der Waals surface area contributed by atoms with Crippen LogP contribution in [-0.2, 0) is 4.79 Å². The molecule has 0 bridgehead atoms. The number of nitrogens with one attached hydrogen (secondary N) is 2. The summed E-state index contributed by atoms with van der Waals surface area (Å²) < 4.78 is 39.7. The Morgan fingerprint density at radius 2 is 1.97 bits per heavy atom. The predicted octanol–water partition coefficient (Wildman–Crippen LogP) is 3.90. The highest BCUT2D eigenvalue weighted by Gasteiger charge is 2.23. The molecule has 0 radical (unpaired) electrons. The summed E-state index contributed by atoms with van der Waals surface area (Å²) in [5.74, 6) is -0.480. The molecule has 1 fully saturated rings. The largest absolute Gasteiger partial charge is 0.493 e. The van der Waals surface area contributed by atoms with Gasteiger partial charge in [-0.05, 0) is 31.0 Å². The highest BCUT2D eigenvalue weighted by molar-refractivity contribution is 6.31. The van der Waals surface area contributed by atoms with Crippen LogP contribution in [0, 0.1) is 11.6 Å². The molecule has 1 aliphatic heterocycles. The quantitative estimate of drug-likeness (QED) is 0.484. The number of methoxy groups -OCH3 is 1. The molecule has 0 aliphatic carbocycles. The van der Waals surface area contributed by atoms with Gasteiger partial charge in [-0.15, -0.1) is 0 Å². The minimum atomic E-state index is -0.915. The number of piperidine rings is 1. The van der Waals surface area contributed by atoms with Crippen LogP contribution < -0.4 is 20.1 Å². The Labute approximate surface area is 200 Å².